The number of rotatable bonds is 2. The van der Waals surface area contributed by atoms with Crippen molar-refractivity contribution in [1.82, 2.24) is 4.98 Å². The van der Waals surface area contributed by atoms with Gasteiger partial charge in [-0.25, -0.2) is 4.98 Å². The van der Waals surface area contributed by atoms with Crippen molar-refractivity contribution >= 4 is 22.9 Å². The summed E-state index contributed by atoms with van der Waals surface area (Å²) in [7, 11) is 0. The maximum absolute atomic E-state index is 5.65. The van der Waals surface area contributed by atoms with E-state index in [1.165, 1.54) is 0 Å². The van der Waals surface area contributed by atoms with Gasteiger partial charge in [0.2, 0.25) is 5.89 Å². The van der Waals surface area contributed by atoms with Gasteiger partial charge in [0, 0.05) is 6.08 Å². The maximum Gasteiger partial charge on any atom is 1.00 e. The zero-order chi connectivity index (χ0) is 14.1. The van der Waals surface area contributed by atoms with Crippen LogP contribution in [-0.4, -0.2) is 10.5 Å². The summed E-state index contributed by atoms with van der Waals surface area (Å²) in [5.74, 6) is 2.09. The summed E-state index contributed by atoms with van der Waals surface area (Å²) in [6, 6.07) is 15.5. The van der Waals surface area contributed by atoms with Gasteiger partial charge in [-0.3, -0.25) is 0 Å². The Morgan fingerprint density at radius 2 is 1.83 bits per heavy atom. The summed E-state index contributed by atoms with van der Waals surface area (Å²) in [5.41, 5.74) is 2.61. The molecule has 6 heteroatoms. The molecule has 0 aliphatic carbocycles. The summed E-state index contributed by atoms with van der Waals surface area (Å²) in [4.78, 5) is 4.37. The minimum Gasteiger partial charge on any atom is -1.00 e. The molecule has 2 aromatic carbocycles. The van der Waals surface area contributed by atoms with Crippen LogP contribution in [0.25, 0.3) is 17.2 Å². The molecule has 0 saturated carbocycles. The van der Waals surface area contributed by atoms with Crippen LogP contribution in [0.15, 0.2) is 71.0 Å². The Hall–Kier alpha value is -2.05. The van der Waals surface area contributed by atoms with Crippen LogP contribution in [0.2, 0.25) is 0 Å². The van der Waals surface area contributed by atoms with Crippen molar-refractivity contribution in [3.63, 3.8) is 0 Å². The Morgan fingerprint density at radius 1 is 1.04 bits per heavy atom. The standard InChI is InChI=1S/C17H12N2O2.Na.H2O.H/c1-3-8-14-12(6-1)18-16(20-14)10-5-11-17-19-13-7-2-4-9-15(13)21-17;;;/h1-11,18H;;1H2;/q;+1;;-1. The predicted octanol–water partition coefficient (Wildman–Crippen LogP) is 0.479. The number of para-hydroxylation sites is 4. The van der Waals surface area contributed by atoms with E-state index < -0.39 is 0 Å². The number of nitrogens with zero attached hydrogens (tertiary/aromatic N) is 1. The third-order valence-corrected chi connectivity index (χ3v) is 3.16. The van der Waals surface area contributed by atoms with Gasteiger partial charge in [-0.2, -0.15) is 0 Å². The molecule has 0 atom stereocenters. The second-order valence-corrected chi connectivity index (χ2v) is 4.63. The normalized spacial score (nSPS) is 14.0. The Balaban J connectivity index is 0.000000960. The van der Waals surface area contributed by atoms with Gasteiger partial charge in [-0.1, -0.05) is 30.3 Å². The van der Waals surface area contributed by atoms with E-state index in [1.54, 1.807) is 6.08 Å². The van der Waals surface area contributed by atoms with E-state index in [4.69, 9.17) is 9.15 Å². The van der Waals surface area contributed by atoms with Gasteiger partial charge in [-0.15, -0.1) is 0 Å². The number of ether oxygens (including phenoxy) is 1. The molecule has 5 nitrogen and oxygen atoms in total. The van der Waals surface area contributed by atoms with Crippen LogP contribution in [0.1, 0.15) is 7.32 Å². The van der Waals surface area contributed by atoms with E-state index in [-0.39, 0.29) is 36.5 Å². The van der Waals surface area contributed by atoms with Crippen molar-refractivity contribution in [2.45, 2.75) is 0 Å². The number of nitrogens with one attached hydrogen (secondary N) is 1. The van der Waals surface area contributed by atoms with Crippen molar-refractivity contribution < 1.29 is 45.6 Å². The number of benzene rings is 2. The molecule has 4 rings (SSSR count). The van der Waals surface area contributed by atoms with Crippen molar-refractivity contribution in [2.24, 2.45) is 0 Å². The van der Waals surface area contributed by atoms with Crippen molar-refractivity contribution in [2.75, 3.05) is 5.32 Å². The Kier molecular flexibility index (Phi) is 5.63. The molecule has 0 unspecified atom stereocenters. The maximum atomic E-state index is 5.65. The van der Waals surface area contributed by atoms with Crippen molar-refractivity contribution in [3.05, 3.63) is 72.5 Å². The molecular weight excluding hydrogens is 303 g/mol. The molecule has 0 amide bonds. The molecule has 0 radical (unpaired) electrons. The first-order valence-corrected chi connectivity index (χ1v) is 6.66. The summed E-state index contributed by atoms with van der Waals surface area (Å²) >= 11 is 0. The van der Waals surface area contributed by atoms with Crippen LogP contribution in [-0.2, 0) is 0 Å². The monoisotopic (exact) mass is 318 g/mol. The van der Waals surface area contributed by atoms with Crippen LogP contribution in [0.4, 0.5) is 5.69 Å². The fourth-order valence-electron chi connectivity index (χ4n) is 2.19. The third-order valence-electron chi connectivity index (χ3n) is 3.16. The molecule has 1 aliphatic rings. The second kappa shape index (κ2) is 7.48. The second-order valence-electron chi connectivity index (χ2n) is 4.63. The number of hydrogen-bond donors (Lipinski definition) is 1. The summed E-state index contributed by atoms with van der Waals surface area (Å²) in [6.07, 6.45) is 5.49. The van der Waals surface area contributed by atoms with Gasteiger partial charge in [0.05, 0.1) is 5.69 Å². The van der Waals surface area contributed by atoms with Gasteiger partial charge < -0.3 is 21.4 Å². The average molecular weight is 318 g/mol. The Labute approximate surface area is 156 Å². The number of hydrogen-bond acceptors (Lipinski definition) is 4. The average Bonchev–Trinajstić information content (AvgIpc) is 3.09. The fourth-order valence-corrected chi connectivity index (χ4v) is 2.19. The largest absolute Gasteiger partial charge is 1.00 e. The van der Waals surface area contributed by atoms with Crippen LogP contribution >= 0.6 is 0 Å². The molecule has 1 aromatic heterocycles. The van der Waals surface area contributed by atoms with E-state index in [2.05, 4.69) is 10.3 Å². The Morgan fingerprint density at radius 3 is 2.65 bits per heavy atom. The van der Waals surface area contributed by atoms with E-state index >= 15 is 0 Å². The number of fused-ring (bicyclic) bond motifs is 2. The Bertz CT molecular complexity index is 817. The van der Waals surface area contributed by atoms with Gasteiger partial charge in [0.1, 0.15) is 5.52 Å². The molecule has 0 saturated heterocycles. The number of anilines is 1. The van der Waals surface area contributed by atoms with Crippen LogP contribution < -0.4 is 39.6 Å². The zero-order valence-corrected chi connectivity index (χ0v) is 14.6. The smallest absolute Gasteiger partial charge is 1.00 e. The summed E-state index contributed by atoms with van der Waals surface area (Å²) < 4.78 is 11.3. The molecule has 112 valence electrons. The summed E-state index contributed by atoms with van der Waals surface area (Å²) in [6.45, 7) is 0. The molecule has 1 aliphatic heterocycles. The quantitative estimate of drug-likeness (QED) is 0.697. The minimum atomic E-state index is 0. The number of oxazole rings is 1. The van der Waals surface area contributed by atoms with Gasteiger partial charge >= 0.3 is 29.6 Å². The SMILES string of the molecule is C(=Cc1nc2ccccc2o1)C=C1Nc2ccccc2O1.O.[H-].[Na+]. The first kappa shape index (κ1) is 17.3. The first-order valence-electron chi connectivity index (χ1n) is 6.66. The molecule has 3 N–H and O–H groups in total. The van der Waals surface area contributed by atoms with Crippen LogP contribution in [0.5, 0.6) is 5.75 Å². The molecule has 23 heavy (non-hydrogen) atoms. The predicted molar refractivity (Wildman–Crippen MR) is 86.5 cm³/mol. The first-order chi connectivity index (χ1) is 10.4. The van der Waals surface area contributed by atoms with Gasteiger partial charge in [-0.05, 0) is 30.3 Å². The number of allylic oxidation sites excluding steroid dienone is 2. The molecule has 3 aromatic rings. The van der Waals surface area contributed by atoms with Crippen molar-refractivity contribution in [1.29, 1.82) is 0 Å². The number of aromatic nitrogens is 1. The molecule has 0 fully saturated rings. The van der Waals surface area contributed by atoms with Crippen molar-refractivity contribution in [3.8, 4) is 5.75 Å². The van der Waals surface area contributed by atoms with E-state index in [1.807, 2.05) is 60.7 Å². The fraction of sp³-hybridized carbons (Fsp3) is 0. The molecule has 0 spiro atoms. The summed E-state index contributed by atoms with van der Waals surface area (Å²) in [5, 5.41) is 3.18. The topological polar surface area (TPSA) is 78.8 Å². The van der Waals surface area contributed by atoms with Crippen LogP contribution in [0.3, 0.4) is 0 Å². The molecule has 2 heterocycles. The third kappa shape index (κ3) is 3.65. The van der Waals surface area contributed by atoms with E-state index in [0.717, 1.165) is 22.5 Å². The van der Waals surface area contributed by atoms with Crippen LogP contribution in [0, 0.1) is 0 Å². The molecular formula is C17H15N2NaO3. The van der Waals surface area contributed by atoms with Gasteiger partial charge in [0.15, 0.2) is 17.2 Å². The zero-order valence-electron chi connectivity index (χ0n) is 13.6. The van der Waals surface area contributed by atoms with Gasteiger partial charge in [0.25, 0.3) is 0 Å². The van der Waals surface area contributed by atoms with E-state index in [0.29, 0.717) is 11.8 Å². The van der Waals surface area contributed by atoms with E-state index in [9.17, 15) is 0 Å². The molecule has 0 bridgehead atoms. The minimum absolute atomic E-state index is 0.